The lowest BCUT2D eigenvalue weighted by molar-refractivity contribution is 0.180. The standard InChI is InChI=1S/C22H28N4O2S/c1-22(2,3)29(27,28)26-18-5-8-20(21(26)9-6-18)25-11-10-16-12-15(4-7-19(16)25)17-13-23-24-14-17/h4,7,10-14,18,20-21H,5-6,8-9H2,1-3H3,(H,23,24). The number of aromatic amines is 1. The lowest BCUT2D eigenvalue weighted by Crippen LogP contribution is -2.53. The molecule has 3 aromatic rings. The van der Waals surface area contributed by atoms with E-state index in [9.17, 15) is 8.42 Å². The Hall–Kier alpha value is -2.12. The Morgan fingerprint density at radius 3 is 2.48 bits per heavy atom. The zero-order valence-electron chi connectivity index (χ0n) is 17.2. The highest BCUT2D eigenvalue weighted by Gasteiger charge is 2.51. The van der Waals surface area contributed by atoms with Crippen molar-refractivity contribution in [3.63, 3.8) is 0 Å². The highest BCUT2D eigenvalue weighted by molar-refractivity contribution is 7.90. The number of nitrogens with one attached hydrogen (secondary N) is 1. The molecule has 29 heavy (non-hydrogen) atoms. The van der Waals surface area contributed by atoms with Gasteiger partial charge in [-0.05, 0) is 70.2 Å². The molecule has 2 bridgehead atoms. The first-order chi connectivity index (χ1) is 13.8. The van der Waals surface area contributed by atoms with Crippen molar-refractivity contribution in [3.8, 4) is 11.1 Å². The summed E-state index contributed by atoms with van der Waals surface area (Å²) in [6, 6.07) is 8.98. The van der Waals surface area contributed by atoms with Crippen LogP contribution in [0.2, 0.25) is 0 Å². The Balaban J connectivity index is 1.53. The van der Waals surface area contributed by atoms with Gasteiger partial charge in [0.1, 0.15) is 0 Å². The second kappa shape index (κ2) is 6.44. The van der Waals surface area contributed by atoms with E-state index >= 15 is 0 Å². The molecule has 2 saturated heterocycles. The molecule has 0 spiro atoms. The monoisotopic (exact) mass is 412 g/mol. The van der Waals surface area contributed by atoms with E-state index in [1.54, 1.807) is 0 Å². The molecule has 5 rings (SSSR count). The van der Waals surface area contributed by atoms with Crippen molar-refractivity contribution in [3.05, 3.63) is 42.9 Å². The quantitative estimate of drug-likeness (QED) is 0.696. The summed E-state index contributed by atoms with van der Waals surface area (Å²) in [4.78, 5) is 0. The van der Waals surface area contributed by atoms with E-state index in [0.717, 1.165) is 36.8 Å². The van der Waals surface area contributed by atoms with Gasteiger partial charge in [0, 0.05) is 40.9 Å². The number of aromatic nitrogens is 3. The molecule has 4 heterocycles. The topological polar surface area (TPSA) is 71.0 Å². The Kier molecular flexibility index (Phi) is 4.19. The summed E-state index contributed by atoms with van der Waals surface area (Å²) < 4.78 is 30.1. The minimum Gasteiger partial charge on any atom is -0.343 e. The van der Waals surface area contributed by atoms with E-state index in [1.165, 1.54) is 10.9 Å². The number of hydrogen-bond acceptors (Lipinski definition) is 3. The van der Waals surface area contributed by atoms with Gasteiger partial charge in [-0.25, -0.2) is 8.42 Å². The van der Waals surface area contributed by atoms with Gasteiger partial charge in [0.05, 0.1) is 17.0 Å². The van der Waals surface area contributed by atoms with Crippen LogP contribution < -0.4 is 0 Å². The molecule has 0 amide bonds. The molecule has 3 unspecified atom stereocenters. The van der Waals surface area contributed by atoms with Gasteiger partial charge in [-0.15, -0.1) is 0 Å². The maximum atomic E-state index is 13.3. The van der Waals surface area contributed by atoms with Crippen molar-refractivity contribution < 1.29 is 8.42 Å². The lowest BCUT2D eigenvalue weighted by Gasteiger charge is -2.42. The van der Waals surface area contributed by atoms with Crippen LogP contribution in [0.25, 0.3) is 22.0 Å². The smallest absolute Gasteiger partial charge is 0.219 e. The first kappa shape index (κ1) is 18.9. The molecule has 0 saturated carbocycles. The van der Waals surface area contributed by atoms with Crippen molar-refractivity contribution in [2.75, 3.05) is 0 Å². The first-order valence-electron chi connectivity index (χ1n) is 10.4. The van der Waals surface area contributed by atoms with E-state index in [2.05, 4.69) is 45.2 Å². The maximum Gasteiger partial charge on any atom is 0.219 e. The molecule has 3 atom stereocenters. The van der Waals surface area contributed by atoms with Crippen molar-refractivity contribution >= 4 is 20.9 Å². The summed E-state index contributed by atoms with van der Waals surface area (Å²) >= 11 is 0. The number of hydrogen-bond donors (Lipinski definition) is 1. The normalized spacial score (nSPS) is 25.7. The zero-order valence-corrected chi connectivity index (χ0v) is 18.0. The summed E-state index contributed by atoms with van der Waals surface area (Å²) in [6.07, 6.45) is 9.73. The van der Waals surface area contributed by atoms with Gasteiger partial charge < -0.3 is 4.57 Å². The maximum absolute atomic E-state index is 13.3. The van der Waals surface area contributed by atoms with Crippen LogP contribution in [0.4, 0.5) is 0 Å². The number of nitrogens with zero attached hydrogens (tertiary/aromatic N) is 3. The fraction of sp³-hybridized carbons (Fsp3) is 0.500. The Labute approximate surface area is 172 Å². The van der Waals surface area contributed by atoms with Crippen LogP contribution in [0.15, 0.2) is 42.9 Å². The van der Waals surface area contributed by atoms with Gasteiger partial charge in [-0.3, -0.25) is 5.10 Å². The number of benzene rings is 1. The van der Waals surface area contributed by atoms with Crippen LogP contribution in [0.3, 0.4) is 0 Å². The molecule has 2 aromatic heterocycles. The summed E-state index contributed by atoms with van der Waals surface area (Å²) in [6.45, 7) is 5.44. The van der Waals surface area contributed by atoms with Crippen molar-refractivity contribution in [2.45, 2.75) is 69.3 Å². The molecule has 2 aliphatic rings. The molecular weight excluding hydrogens is 384 g/mol. The molecule has 2 fully saturated rings. The molecular formula is C22H28N4O2S. The fourth-order valence-corrected chi connectivity index (χ4v) is 6.97. The Bertz CT molecular complexity index is 1140. The summed E-state index contributed by atoms with van der Waals surface area (Å²) in [7, 11) is -3.34. The molecule has 1 aromatic carbocycles. The summed E-state index contributed by atoms with van der Waals surface area (Å²) in [5.74, 6) is 0. The van der Waals surface area contributed by atoms with Crippen LogP contribution in [0.5, 0.6) is 0 Å². The lowest BCUT2D eigenvalue weighted by atomic mass is 9.99. The van der Waals surface area contributed by atoms with Crippen LogP contribution in [0.1, 0.15) is 52.5 Å². The van der Waals surface area contributed by atoms with Crippen LogP contribution in [-0.2, 0) is 10.0 Å². The molecule has 1 N–H and O–H groups in total. The summed E-state index contributed by atoms with van der Waals surface area (Å²) in [5, 5.41) is 8.08. The third kappa shape index (κ3) is 2.86. The van der Waals surface area contributed by atoms with Crippen LogP contribution in [-0.4, -0.2) is 44.3 Å². The second-order valence-corrected chi connectivity index (χ2v) is 12.0. The molecule has 2 aliphatic heterocycles. The average Bonchev–Trinajstić information content (AvgIpc) is 3.39. The zero-order chi connectivity index (χ0) is 20.4. The predicted molar refractivity (Wildman–Crippen MR) is 115 cm³/mol. The van der Waals surface area contributed by atoms with E-state index in [4.69, 9.17) is 0 Å². The molecule has 0 aliphatic carbocycles. The SMILES string of the molecule is CC(C)(C)S(=O)(=O)N1C2CCC1C(n1ccc3cc(-c4cn[nH]c4)ccc31)CC2. The number of H-pyrrole nitrogens is 1. The Morgan fingerprint density at radius 1 is 1.03 bits per heavy atom. The molecule has 7 heteroatoms. The number of piperidine rings is 1. The third-order valence-electron chi connectivity index (χ3n) is 6.68. The van der Waals surface area contributed by atoms with Gasteiger partial charge in [0.2, 0.25) is 10.0 Å². The number of sulfonamides is 1. The van der Waals surface area contributed by atoms with Crippen molar-refractivity contribution in [1.82, 2.24) is 19.1 Å². The molecule has 154 valence electrons. The van der Waals surface area contributed by atoms with Crippen LogP contribution >= 0.6 is 0 Å². The van der Waals surface area contributed by atoms with Crippen molar-refractivity contribution in [1.29, 1.82) is 0 Å². The van der Waals surface area contributed by atoms with E-state index < -0.39 is 14.8 Å². The minimum atomic E-state index is -3.34. The van der Waals surface area contributed by atoms with Gasteiger partial charge in [0.25, 0.3) is 0 Å². The van der Waals surface area contributed by atoms with E-state index in [1.807, 2.05) is 37.5 Å². The van der Waals surface area contributed by atoms with Gasteiger partial charge in [-0.2, -0.15) is 9.40 Å². The highest BCUT2D eigenvalue weighted by Crippen LogP contribution is 2.46. The predicted octanol–water partition coefficient (Wildman–Crippen LogP) is 4.33. The van der Waals surface area contributed by atoms with E-state index in [0.29, 0.717) is 0 Å². The third-order valence-corrected chi connectivity index (χ3v) is 9.35. The number of rotatable bonds is 3. The van der Waals surface area contributed by atoms with Crippen LogP contribution in [0, 0.1) is 0 Å². The molecule has 6 nitrogen and oxygen atoms in total. The van der Waals surface area contributed by atoms with E-state index in [-0.39, 0.29) is 18.1 Å². The Morgan fingerprint density at radius 2 is 1.79 bits per heavy atom. The van der Waals surface area contributed by atoms with Gasteiger partial charge >= 0.3 is 0 Å². The highest BCUT2D eigenvalue weighted by atomic mass is 32.2. The summed E-state index contributed by atoms with van der Waals surface area (Å²) in [5.41, 5.74) is 3.37. The number of fused-ring (bicyclic) bond motifs is 3. The minimum absolute atomic E-state index is 0.0436. The largest absolute Gasteiger partial charge is 0.343 e. The van der Waals surface area contributed by atoms with Gasteiger partial charge in [-0.1, -0.05) is 6.07 Å². The van der Waals surface area contributed by atoms with Gasteiger partial charge in [0.15, 0.2) is 0 Å². The molecule has 0 radical (unpaired) electrons. The second-order valence-electron chi connectivity index (χ2n) is 9.37. The average molecular weight is 413 g/mol. The van der Waals surface area contributed by atoms with Crippen molar-refractivity contribution in [2.24, 2.45) is 0 Å². The first-order valence-corrected chi connectivity index (χ1v) is 11.8. The fourth-order valence-electron chi connectivity index (χ4n) is 5.13.